The van der Waals surface area contributed by atoms with E-state index < -0.39 is 0 Å². The van der Waals surface area contributed by atoms with E-state index >= 15 is 0 Å². The molecule has 0 saturated carbocycles. The maximum Gasteiger partial charge on any atom is 0.124 e. The van der Waals surface area contributed by atoms with E-state index in [1.165, 1.54) is 16.7 Å². The van der Waals surface area contributed by atoms with Gasteiger partial charge in [-0.3, -0.25) is 0 Å². The van der Waals surface area contributed by atoms with Crippen LogP contribution in [0.1, 0.15) is 11.3 Å². The third kappa shape index (κ3) is 2.56. The van der Waals surface area contributed by atoms with Crippen molar-refractivity contribution in [1.82, 2.24) is 4.57 Å². The maximum atomic E-state index is 10.0. The molecule has 0 aliphatic carbocycles. The molecular weight excluding hydrogens is 294 g/mol. The van der Waals surface area contributed by atoms with E-state index in [4.69, 9.17) is 0 Å². The van der Waals surface area contributed by atoms with Gasteiger partial charge in [-0.25, -0.2) is 0 Å². The van der Waals surface area contributed by atoms with Crippen LogP contribution in [0.2, 0.25) is 0 Å². The van der Waals surface area contributed by atoms with Crippen LogP contribution in [0.4, 0.5) is 0 Å². The highest BCUT2D eigenvalue weighted by atomic mass is 16.3. The number of aromatic nitrogens is 1. The fraction of sp³-hybridized carbons (Fsp3) is 0.0909. The van der Waals surface area contributed by atoms with Crippen LogP contribution in [0.5, 0.6) is 5.75 Å². The molecule has 1 N–H and O–H groups in total. The highest BCUT2D eigenvalue weighted by molar-refractivity contribution is 5.87. The first-order chi connectivity index (χ1) is 11.7. The van der Waals surface area contributed by atoms with Crippen molar-refractivity contribution in [2.45, 2.75) is 13.5 Å². The van der Waals surface area contributed by atoms with Crippen molar-refractivity contribution in [1.29, 1.82) is 0 Å². The molecule has 0 aliphatic rings. The van der Waals surface area contributed by atoms with E-state index in [1.807, 2.05) is 18.2 Å². The van der Waals surface area contributed by atoms with Gasteiger partial charge in [0.25, 0.3) is 0 Å². The number of aryl methyl sites for hydroxylation is 1. The summed E-state index contributed by atoms with van der Waals surface area (Å²) in [7, 11) is 0. The van der Waals surface area contributed by atoms with Crippen molar-refractivity contribution in [2.24, 2.45) is 0 Å². The second-order valence-corrected chi connectivity index (χ2v) is 6.14. The molecular formula is C22H19NO. The quantitative estimate of drug-likeness (QED) is 0.540. The Morgan fingerprint density at radius 1 is 0.792 bits per heavy atom. The number of hydrogen-bond acceptors (Lipinski definition) is 1. The van der Waals surface area contributed by atoms with Gasteiger partial charge in [-0.1, -0.05) is 60.7 Å². The van der Waals surface area contributed by atoms with Gasteiger partial charge in [0.1, 0.15) is 5.75 Å². The van der Waals surface area contributed by atoms with Gasteiger partial charge in [0.05, 0.1) is 5.52 Å². The Kier molecular flexibility index (Phi) is 3.58. The number of aromatic hydroxyl groups is 1. The van der Waals surface area contributed by atoms with Crippen LogP contribution in [0.15, 0.2) is 78.9 Å². The Balaban J connectivity index is 1.67. The van der Waals surface area contributed by atoms with Crippen LogP contribution in [0.3, 0.4) is 0 Å². The van der Waals surface area contributed by atoms with Gasteiger partial charge in [-0.15, -0.1) is 0 Å². The lowest BCUT2D eigenvalue weighted by molar-refractivity contribution is 0.481. The predicted octanol–water partition coefficient (Wildman–Crippen LogP) is 5.37. The van der Waals surface area contributed by atoms with Gasteiger partial charge >= 0.3 is 0 Å². The molecule has 4 rings (SSSR count). The van der Waals surface area contributed by atoms with Crippen LogP contribution < -0.4 is 0 Å². The van der Waals surface area contributed by atoms with Crippen molar-refractivity contribution in [2.75, 3.05) is 0 Å². The van der Waals surface area contributed by atoms with E-state index in [0.29, 0.717) is 5.75 Å². The number of phenolic OH excluding ortho intramolecular Hbond substituents is 1. The standard InChI is InChI=1S/C22H19NO/c1-16-14-20-21(8-5-9-22(20)24)23(16)15-17-10-12-19(13-11-17)18-6-3-2-4-7-18/h2-14,24H,15H2,1H3. The molecule has 2 heteroatoms. The molecule has 0 atom stereocenters. The van der Waals surface area contributed by atoms with Gasteiger partial charge in [-0.05, 0) is 41.8 Å². The molecule has 1 heterocycles. The average Bonchev–Trinajstić information content (AvgIpc) is 2.94. The molecule has 0 amide bonds. The van der Waals surface area contributed by atoms with Crippen LogP contribution in [0, 0.1) is 6.92 Å². The summed E-state index contributed by atoms with van der Waals surface area (Å²) in [5, 5.41) is 10.9. The Morgan fingerprint density at radius 2 is 1.50 bits per heavy atom. The average molecular weight is 313 g/mol. The predicted molar refractivity (Wildman–Crippen MR) is 99.3 cm³/mol. The third-order valence-corrected chi connectivity index (χ3v) is 4.53. The number of hydrogen-bond donors (Lipinski definition) is 1. The van der Waals surface area contributed by atoms with E-state index in [2.05, 4.69) is 66.1 Å². The number of benzene rings is 3. The van der Waals surface area contributed by atoms with Crippen LogP contribution in [-0.4, -0.2) is 9.67 Å². The summed E-state index contributed by atoms with van der Waals surface area (Å²) in [5.41, 5.74) is 5.93. The Bertz CT molecular complexity index is 982. The van der Waals surface area contributed by atoms with E-state index in [1.54, 1.807) is 6.07 Å². The lowest BCUT2D eigenvalue weighted by Crippen LogP contribution is -2.01. The summed E-state index contributed by atoms with van der Waals surface area (Å²) in [6, 6.07) is 26.8. The van der Waals surface area contributed by atoms with Gasteiger partial charge in [-0.2, -0.15) is 0 Å². The minimum Gasteiger partial charge on any atom is -0.507 e. The molecule has 1 aromatic heterocycles. The zero-order chi connectivity index (χ0) is 16.5. The van der Waals surface area contributed by atoms with E-state index in [0.717, 1.165) is 23.1 Å². The molecule has 0 fully saturated rings. The lowest BCUT2D eigenvalue weighted by atomic mass is 10.0. The molecule has 2 nitrogen and oxygen atoms in total. The third-order valence-electron chi connectivity index (χ3n) is 4.53. The fourth-order valence-electron chi connectivity index (χ4n) is 3.23. The van der Waals surface area contributed by atoms with E-state index in [-0.39, 0.29) is 0 Å². The molecule has 0 bridgehead atoms. The molecule has 4 aromatic rings. The molecule has 0 radical (unpaired) electrons. The smallest absolute Gasteiger partial charge is 0.124 e. The number of nitrogens with zero attached hydrogens (tertiary/aromatic N) is 1. The Labute approximate surface area is 141 Å². The monoisotopic (exact) mass is 313 g/mol. The minimum atomic E-state index is 0.341. The highest BCUT2D eigenvalue weighted by Gasteiger charge is 2.09. The molecule has 118 valence electrons. The minimum absolute atomic E-state index is 0.341. The van der Waals surface area contributed by atoms with Crippen molar-refractivity contribution in [3.8, 4) is 16.9 Å². The lowest BCUT2D eigenvalue weighted by Gasteiger charge is -2.10. The summed E-state index contributed by atoms with van der Waals surface area (Å²) in [5.74, 6) is 0.341. The van der Waals surface area contributed by atoms with Gasteiger partial charge in [0, 0.05) is 17.6 Å². The molecule has 0 aliphatic heterocycles. The molecule has 24 heavy (non-hydrogen) atoms. The van der Waals surface area contributed by atoms with Gasteiger partial charge in [0.15, 0.2) is 0 Å². The summed E-state index contributed by atoms with van der Waals surface area (Å²) in [4.78, 5) is 0. The first kappa shape index (κ1) is 14.6. The topological polar surface area (TPSA) is 25.2 Å². The fourth-order valence-corrected chi connectivity index (χ4v) is 3.23. The SMILES string of the molecule is Cc1cc2c(O)cccc2n1Cc1ccc(-c2ccccc2)cc1. The van der Waals surface area contributed by atoms with Gasteiger partial charge in [0.2, 0.25) is 0 Å². The maximum absolute atomic E-state index is 10.0. The van der Waals surface area contributed by atoms with Gasteiger partial charge < -0.3 is 9.67 Å². The van der Waals surface area contributed by atoms with Crippen molar-refractivity contribution in [3.05, 3.63) is 90.1 Å². The van der Waals surface area contributed by atoms with Crippen molar-refractivity contribution in [3.63, 3.8) is 0 Å². The summed E-state index contributed by atoms with van der Waals surface area (Å²) in [6.45, 7) is 2.88. The first-order valence-electron chi connectivity index (χ1n) is 8.14. The zero-order valence-electron chi connectivity index (χ0n) is 13.6. The zero-order valence-corrected chi connectivity index (χ0v) is 13.6. The number of fused-ring (bicyclic) bond motifs is 1. The first-order valence-corrected chi connectivity index (χ1v) is 8.14. The number of phenols is 1. The Morgan fingerprint density at radius 3 is 2.25 bits per heavy atom. The molecule has 0 saturated heterocycles. The van der Waals surface area contributed by atoms with Crippen LogP contribution >= 0.6 is 0 Å². The normalized spacial score (nSPS) is 11.0. The van der Waals surface area contributed by atoms with Crippen LogP contribution in [0.25, 0.3) is 22.0 Å². The van der Waals surface area contributed by atoms with Crippen LogP contribution in [-0.2, 0) is 6.54 Å². The highest BCUT2D eigenvalue weighted by Crippen LogP contribution is 2.28. The van der Waals surface area contributed by atoms with Crippen molar-refractivity contribution >= 4 is 10.9 Å². The van der Waals surface area contributed by atoms with Crippen molar-refractivity contribution < 1.29 is 5.11 Å². The summed E-state index contributed by atoms with van der Waals surface area (Å²) in [6.07, 6.45) is 0. The summed E-state index contributed by atoms with van der Waals surface area (Å²) >= 11 is 0. The number of rotatable bonds is 3. The largest absolute Gasteiger partial charge is 0.507 e. The molecule has 0 unspecified atom stereocenters. The molecule has 3 aromatic carbocycles. The molecule has 0 spiro atoms. The second-order valence-electron chi connectivity index (χ2n) is 6.14. The summed E-state index contributed by atoms with van der Waals surface area (Å²) < 4.78 is 2.24. The van der Waals surface area contributed by atoms with E-state index in [9.17, 15) is 5.11 Å². The second kappa shape index (κ2) is 5.89. The Hall–Kier alpha value is -3.00.